The minimum Gasteiger partial charge on any atom is -0.389 e. The van der Waals surface area contributed by atoms with E-state index in [-0.39, 0.29) is 5.60 Å². The van der Waals surface area contributed by atoms with E-state index in [2.05, 4.69) is 6.92 Å². The van der Waals surface area contributed by atoms with E-state index in [9.17, 15) is 5.11 Å². The number of hydrogen-bond acceptors (Lipinski definition) is 1. The molecule has 0 aromatic rings. The summed E-state index contributed by atoms with van der Waals surface area (Å²) in [5, 5.41) is 10.1. The third-order valence-electron chi connectivity index (χ3n) is 3.64. The molecule has 2 fully saturated rings. The standard InChI is InChI=1S/C9H16O/c1-7-4-5-8-3-2-6-9(7,8)10/h7-8,10H,2-6H2,1H3/t7-,8+,9+/m0/s1. The van der Waals surface area contributed by atoms with Crippen molar-refractivity contribution in [1.29, 1.82) is 0 Å². The van der Waals surface area contributed by atoms with Crippen LogP contribution in [0.25, 0.3) is 0 Å². The molecule has 0 radical (unpaired) electrons. The van der Waals surface area contributed by atoms with Gasteiger partial charge in [-0.3, -0.25) is 0 Å². The van der Waals surface area contributed by atoms with Crippen molar-refractivity contribution in [3.8, 4) is 0 Å². The van der Waals surface area contributed by atoms with Gasteiger partial charge in [-0.15, -0.1) is 0 Å². The van der Waals surface area contributed by atoms with Crippen molar-refractivity contribution in [2.24, 2.45) is 11.8 Å². The second-order valence-corrected chi connectivity index (χ2v) is 4.06. The summed E-state index contributed by atoms with van der Waals surface area (Å²) >= 11 is 0. The van der Waals surface area contributed by atoms with Crippen molar-refractivity contribution < 1.29 is 5.11 Å². The van der Waals surface area contributed by atoms with Gasteiger partial charge >= 0.3 is 0 Å². The largest absolute Gasteiger partial charge is 0.389 e. The molecule has 0 saturated heterocycles. The first-order valence-corrected chi connectivity index (χ1v) is 4.46. The third-order valence-corrected chi connectivity index (χ3v) is 3.64. The van der Waals surface area contributed by atoms with Crippen LogP contribution in [0.5, 0.6) is 0 Å². The van der Waals surface area contributed by atoms with Crippen LogP contribution in [-0.2, 0) is 0 Å². The zero-order chi connectivity index (χ0) is 7.19. The molecular formula is C9H16O. The minimum absolute atomic E-state index is 0.236. The molecule has 58 valence electrons. The molecule has 1 nitrogen and oxygen atoms in total. The van der Waals surface area contributed by atoms with E-state index < -0.39 is 0 Å². The molecule has 2 rings (SSSR count). The van der Waals surface area contributed by atoms with Crippen LogP contribution >= 0.6 is 0 Å². The third kappa shape index (κ3) is 0.672. The van der Waals surface area contributed by atoms with Crippen LogP contribution < -0.4 is 0 Å². The van der Waals surface area contributed by atoms with Crippen LogP contribution in [0, 0.1) is 11.8 Å². The highest BCUT2D eigenvalue weighted by Crippen LogP contribution is 2.50. The van der Waals surface area contributed by atoms with Gasteiger partial charge in [0, 0.05) is 0 Å². The maximum absolute atomic E-state index is 10.1. The van der Waals surface area contributed by atoms with Crippen LogP contribution in [0.3, 0.4) is 0 Å². The van der Waals surface area contributed by atoms with Gasteiger partial charge in [0.2, 0.25) is 0 Å². The maximum atomic E-state index is 10.1. The Morgan fingerprint density at radius 2 is 2.10 bits per heavy atom. The Hall–Kier alpha value is -0.0400. The van der Waals surface area contributed by atoms with Crippen molar-refractivity contribution in [1.82, 2.24) is 0 Å². The van der Waals surface area contributed by atoms with Crippen LogP contribution in [-0.4, -0.2) is 10.7 Å². The Morgan fingerprint density at radius 1 is 1.30 bits per heavy atom. The second kappa shape index (κ2) is 1.97. The van der Waals surface area contributed by atoms with E-state index in [0.717, 1.165) is 6.42 Å². The lowest BCUT2D eigenvalue weighted by Gasteiger charge is -2.27. The first kappa shape index (κ1) is 6.66. The fourth-order valence-corrected chi connectivity index (χ4v) is 2.83. The Bertz CT molecular complexity index is 144. The van der Waals surface area contributed by atoms with Crippen molar-refractivity contribution >= 4 is 0 Å². The predicted molar refractivity (Wildman–Crippen MR) is 40.7 cm³/mol. The average Bonchev–Trinajstić information content (AvgIpc) is 2.36. The van der Waals surface area contributed by atoms with E-state index in [1.54, 1.807) is 0 Å². The first-order valence-electron chi connectivity index (χ1n) is 4.46. The quantitative estimate of drug-likeness (QED) is 0.545. The summed E-state index contributed by atoms with van der Waals surface area (Å²) in [5.74, 6) is 1.22. The van der Waals surface area contributed by atoms with Gasteiger partial charge < -0.3 is 5.11 Å². The molecule has 0 aromatic heterocycles. The van der Waals surface area contributed by atoms with Gasteiger partial charge in [-0.05, 0) is 37.5 Å². The lowest BCUT2D eigenvalue weighted by Crippen LogP contribution is -2.33. The summed E-state index contributed by atoms with van der Waals surface area (Å²) < 4.78 is 0. The lowest BCUT2D eigenvalue weighted by atomic mass is 9.88. The van der Waals surface area contributed by atoms with E-state index >= 15 is 0 Å². The summed E-state index contributed by atoms with van der Waals surface area (Å²) in [6, 6.07) is 0. The van der Waals surface area contributed by atoms with Gasteiger partial charge in [0.05, 0.1) is 5.60 Å². The molecular weight excluding hydrogens is 124 g/mol. The second-order valence-electron chi connectivity index (χ2n) is 4.06. The zero-order valence-corrected chi connectivity index (χ0v) is 6.64. The molecule has 1 N–H and O–H groups in total. The Labute approximate surface area is 62.4 Å². The summed E-state index contributed by atoms with van der Waals surface area (Å²) in [7, 11) is 0. The molecule has 2 saturated carbocycles. The molecule has 2 aliphatic rings. The lowest BCUT2D eigenvalue weighted by molar-refractivity contribution is -0.0120. The highest BCUT2D eigenvalue weighted by molar-refractivity contribution is 5.00. The average molecular weight is 140 g/mol. The van der Waals surface area contributed by atoms with Gasteiger partial charge in [0.25, 0.3) is 0 Å². The fourth-order valence-electron chi connectivity index (χ4n) is 2.83. The molecule has 10 heavy (non-hydrogen) atoms. The molecule has 0 aromatic carbocycles. The van der Waals surface area contributed by atoms with E-state index in [4.69, 9.17) is 0 Å². The topological polar surface area (TPSA) is 20.2 Å². The van der Waals surface area contributed by atoms with Crippen molar-refractivity contribution in [3.05, 3.63) is 0 Å². The normalized spacial score (nSPS) is 53.4. The van der Waals surface area contributed by atoms with Gasteiger partial charge in [-0.2, -0.15) is 0 Å². The maximum Gasteiger partial charge on any atom is 0.0701 e. The molecule has 0 spiro atoms. The summed E-state index contributed by atoms with van der Waals surface area (Å²) in [6.45, 7) is 2.20. The Balaban J connectivity index is 2.21. The number of aliphatic hydroxyl groups is 1. The Morgan fingerprint density at radius 3 is 2.80 bits per heavy atom. The zero-order valence-electron chi connectivity index (χ0n) is 6.64. The van der Waals surface area contributed by atoms with Crippen LogP contribution in [0.15, 0.2) is 0 Å². The molecule has 0 unspecified atom stereocenters. The van der Waals surface area contributed by atoms with Gasteiger partial charge in [0.15, 0.2) is 0 Å². The molecule has 3 atom stereocenters. The van der Waals surface area contributed by atoms with Gasteiger partial charge in [-0.25, -0.2) is 0 Å². The summed E-state index contributed by atoms with van der Waals surface area (Å²) in [5.41, 5.74) is -0.236. The molecule has 0 amide bonds. The molecule has 0 bridgehead atoms. The molecule has 0 heterocycles. The van der Waals surface area contributed by atoms with Crippen molar-refractivity contribution in [3.63, 3.8) is 0 Å². The molecule has 1 heteroatoms. The van der Waals surface area contributed by atoms with Crippen LogP contribution in [0.1, 0.15) is 39.0 Å². The van der Waals surface area contributed by atoms with Crippen LogP contribution in [0.2, 0.25) is 0 Å². The van der Waals surface area contributed by atoms with Crippen LogP contribution in [0.4, 0.5) is 0 Å². The van der Waals surface area contributed by atoms with E-state index in [0.29, 0.717) is 11.8 Å². The highest BCUT2D eigenvalue weighted by atomic mass is 16.3. The number of fused-ring (bicyclic) bond motifs is 1. The SMILES string of the molecule is C[C@H]1CC[C@H]2CCC[C@]21O. The molecule has 0 aliphatic heterocycles. The first-order chi connectivity index (χ1) is 4.73. The molecule has 2 aliphatic carbocycles. The predicted octanol–water partition coefficient (Wildman–Crippen LogP) is 1.95. The van der Waals surface area contributed by atoms with Crippen molar-refractivity contribution in [2.45, 2.75) is 44.6 Å². The van der Waals surface area contributed by atoms with E-state index in [1.165, 1.54) is 25.7 Å². The highest BCUT2D eigenvalue weighted by Gasteiger charge is 2.49. The van der Waals surface area contributed by atoms with Gasteiger partial charge in [0.1, 0.15) is 0 Å². The van der Waals surface area contributed by atoms with Gasteiger partial charge in [-0.1, -0.05) is 13.3 Å². The number of rotatable bonds is 0. The minimum atomic E-state index is -0.236. The van der Waals surface area contributed by atoms with E-state index in [1.807, 2.05) is 0 Å². The summed E-state index contributed by atoms with van der Waals surface area (Å²) in [4.78, 5) is 0. The fraction of sp³-hybridized carbons (Fsp3) is 1.00. The monoisotopic (exact) mass is 140 g/mol. The summed E-state index contributed by atoms with van der Waals surface area (Å²) in [6.07, 6.45) is 6.13. The van der Waals surface area contributed by atoms with Crippen molar-refractivity contribution in [2.75, 3.05) is 0 Å². The number of hydrogen-bond donors (Lipinski definition) is 1. The smallest absolute Gasteiger partial charge is 0.0701 e. The Kier molecular flexibility index (Phi) is 1.31.